The van der Waals surface area contributed by atoms with Gasteiger partial charge in [0.1, 0.15) is 0 Å². The average molecular weight is 318 g/mol. The summed E-state index contributed by atoms with van der Waals surface area (Å²) < 4.78 is 6.59. The Balaban J connectivity index is 4.42. The fourth-order valence-electron chi connectivity index (χ4n) is 0.690. The van der Waals surface area contributed by atoms with Crippen LogP contribution in [-0.2, 0) is 0 Å². The van der Waals surface area contributed by atoms with Gasteiger partial charge in [-0.2, -0.15) is 0 Å². The van der Waals surface area contributed by atoms with Crippen LogP contribution in [0.4, 0.5) is 0 Å². The largest absolute Gasteiger partial charge is 0.213 e. The van der Waals surface area contributed by atoms with Gasteiger partial charge in [-0.05, 0) is 47.4 Å². The second-order valence-electron chi connectivity index (χ2n) is 3.01. The minimum atomic E-state index is 0.819. The SMILES string of the molecule is [2H]C=NC#CC#CC#CC#CC#CC#CC#CC#CC#CC#CC#CC#C. The van der Waals surface area contributed by atoms with E-state index < -0.39 is 0 Å². The topological polar surface area (TPSA) is 12.4 Å². The summed E-state index contributed by atoms with van der Waals surface area (Å²) in [5.74, 6) is 53.6. The van der Waals surface area contributed by atoms with Crippen molar-refractivity contribution in [2.45, 2.75) is 0 Å². The predicted octanol–water partition coefficient (Wildman–Crippen LogP) is 0.315. The lowest BCUT2D eigenvalue weighted by atomic mass is 10.4. The van der Waals surface area contributed by atoms with E-state index in [-0.39, 0.29) is 0 Å². The maximum Gasteiger partial charge on any atom is 0.0761 e. The molecule has 0 aliphatic rings. The van der Waals surface area contributed by atoms with Gasteiger partial charge in [0.25, 0.3) is 0 Å². The average Bonchev–Trinajstić information content (AvgIpc) is 2.68. The molecule has 0 N–H and O–H groups in total. The maximum atomic E-state index is 6.59. The Morgan fingerprint density at radius 3 is 1.00 bits per heavy atom. The Kier molecular flexibility index (Phi) is 13.8. The zero-order valence-electron chi connectivity index (χ0n) is 14.1. The van der Waals surface area contributed by atoms with E-state index in [0.717, 1.165) is 6.69 Å². The lowest BCUT2D eigenvalue weighted by molar-refractivity contribution is 1.76. The molecule has 0 aromatic rings. The fourth-order valence-corrected chi connectivity index (χ4v) is 0.690. The highest BCUT2D eigenvalue weighted by Crippen LogP contribution is 1.59. The zero-order chi connectivity index (χ0) is 19.7. The number of hydrogen-bond acceptors (Lipinski definition) is 1. The molecule has 0 unspecified atom stereocenters. The van der Waals surface area contributed by atoms with Crippen LogP contribution in [0.3, 0.4) is 0 Å². The maximum absolute atomic E-state index is 6.59. The molecule has 26 heavy (non-hydrogen) atoms. The van der Waals surface area contributed by atoms with E-state index in [0.29, 0.717) is 0 Å². The highest BCUT2D eigenvalue weighted by molar-refractivity contribution is 5.47. The monoisotopic (exact) mass is 318 g/mol. The van der Waals surface area contributed by atoms with Crippen molar-refractivity contribution in [1.82, 2.24) is 0 Å². The number of nitrogens with zero attached hydrogens (tertiary/aromatic N) is 1. The van der Waals surface area contributed by atoms with Crippen LogP contribution in [0, 0.1) is 143 Å². The molecule has 0 fully saturated rings. The summed E-state index contributed by atoms with van der Waals surface area (Å²) in [5.41, 5.74) is 0. The summed E-state index contributed by atoms with van der Waals surface area (Å²) >= 11 is 0. The Morgan fingerprint density at radius 1 is 0.462 bits per heavy atom. The van der Waals surface area contributed by atoms with Crippen molar-refractivity contribution in [2.24, 2.45) is 4.99 Å². The first-order chi connectivity index (χ1) is 13.4. The summed E-state index contributed by atoms with van der Waals surface area (Å²) in [4.78, 5) is 3.33. The smallest absolute Gasteiger partial charge is 0.0761 e. The molecule has 1 heteroatoms. The molecule has 0 amide bonds. The van der Waals surface area contributed by atoms with Crippen LogP contribution in [0.5, 0.6) is 0 Å². The van der Waals surface area contributed by atoms with Crippen molar-refractivity contribution in [3.8, 4) is 143 Å². The highest BCUT2D eigenvalue weighted by Gasteiger charge is 1.59. The summed E-state index contributed by atoms with van der Waals surface area (Å²) in [6.45, 7) is 0.819. The normalized spacial score (nSPS) is 4.96. The third kappa shape index (κ3) is 18.4. The van der Waals surface area contributed by atoms with Crippen LogP contribution in [0.1, 0.15) is 1.37 Å². The molecule has 0 radical (unpaired) electrons. The quantitative estimate of drug-likeness (QED) is 0.450. The number of rotatable bonds is 0. The molecular formula is C25H3N. The van der Waals surface area contributed by atoms with Crippen LogP contribution >= 0.6 is 0 Å². The van der Waals surface area contributed by atoms with Gasteiger partial charge >= 0.3 is 0 Å². The molecule has 0 heterocycles. The first-order valence-electron chi connectivity index (χ1n) is 6.85. The molecule has 0 aromatic heterocycles. The number of aliphatic imine (C=N–C) groups is 1. The molecule has 0 saturated carbocycles. The predicted molar refractivity (Wildman–Crippen MR) is 104 cm³/mol. The van der Waals surface area contributed by atoms with E-state index in [4.69, 9.17) is 7.79 Å². The minimum absolute atomic E-state index is 0.819. The van der Waals surface area contributed by atoms with Crippen LogP contribution in [0.15, 0.2) is 4.99 Å². The Hall–Kier alpha value is -5.61. The second kappa shape index (κ2) is 19.4. The zero-order valence-corrected chi connectivity index (χ0v) is 13.1. The first-order valence-corrected chi connectivity index (χ1v) is 6.27. The Bertz CT molecular complexity index is 1330. The van der Waals surface area contributed by atoms with Crippen LogP contribution in [-0.4, -0.2) is 6.69 Å². The molecule has 0 aliphatic carbocycles. The Morgan fingerprint density at radius 2 is 0.731 bits per heavy atom. The van der Waals surface area contributed by atoms with Crippen LogP contribution in [0.25, 0.3) is 0 Å². The van der Waals surface area contributed by atoms with E-state index in [2.05, 4.69) is 141 Å². The second-order valence-corrected chi connectivity index (χ2v) is 3.01. The van der Waals surface area contributed by atoms with Gasteiger partial charge in [0.05, 0.1) is 1.37 Å². The van der Waals surface area contributed by atoms with E-state index in [1.54, 1.807) is 0 Å². The van der Waals surface area contributed by atoms with Crippen molar-refractivity contribution >= 4 is 6.69 Å². The molecule has 108 valence electrons. The van der Waals surface area contributed by atoms with E-state index >= 15 is 0 Å². The van der Waals surface area contributed by atoms with Crippen molar-refractivity contribution < 1.29 is 1.37 Å². The molecule has 0 saturated heterocycles. The minimum Gasteiger partial charge on any atom is -0.213 e. The van der Waals surface area contributed by atoms with Gasteiger partial charge in [-0.25, -0.2) is 4.99 Å². The lowest BCUT2D eigenvalue weighted by Crippen LogP contribution is -1.56. The van der Waals surface area contributed by atoms with E-state index in [1.165, 1.54) is 0 Å². The molecule has 0 bridgehead atoms. The van der Waals surface area contributed by atoms with Crippen LogP contribution in [0.2, 0.25) is 0 Å². The molecule has 0 atom stereocenters. The molecule has 0 rings (SSSR count). The third-order valence-corrected chi connectivity index (χ3v) is 1.44. The molecule has 1 nitrogen and oxygen atoms in total. The van der Waals surface area contributed by atoms with Gasteiger partial charge in [-0.3, -0.25) is 0 Å². The summed E-state index contributed by atoms with van der Waals surface area (Å²) in [5, 5.41) is 0. The van der Waals surface area contributed by atoms with Gasteiger partial charge in [-0.15, -0.1) is 6.42 Å². The fraction of sp³-hybridized carbons (Fsp3) is 0. The first kappa shape index (κ1) is 18.4. The standard InChI is InChI=1S/C25H3N/c1-3-4-5-6-7-8-9-10-11-12-13-14-15-16-17-18-19-20-21-22-23-24-25-26-2/h1H,2H2/i2D. The highest BCUT2D eigenvalue weighted by atomic mass is 14.6. The molecule has 0 aromatic carbocycles. The molecule has 0 aliphatic heterocycles. The van der Waals surface area contributed by atoms with Crippen molar-refractivity contribution in [3.63, 3.8) is 0 Å². The van der Waals surface area contributed by atoms with Gasteiger partial charge < -0.3 is 0 Å². The third-order valence-electron chi connectivity index (χ3n) is 1.44. The number of terminal acetylenes is 1. The molecular weight excluding hydrogens is 314 g/mol. The summed E-state index contributed by atoms with van der Waals surface area (Å²) in [6, 6.07) is 2.27. The van der Waals surface area contributed by atoms with Crippen LogP contribution < -0.4 is 0 Å². The van der Waals surface area contributed by atoms with E-state index in [9.17, 15) is 0 Å². The Labute approximate surface area is 156 Å². The van der Waals surface area contributed by atoms with Gasteiger partial charge in [0.15, 0.2) is 0 Å². The van der Waals surface area contributed by atoms with Crippen molar-refractivity contribution in [3.05, 3.63) is 0 Å². The van der Waals surface area contributed by atoms with Crippen molar-refractivity contribution in [2.75, 3.05) is 0 Å². The molecule has 0 spiro atoms. The van der Waals surface area contributed by atoms with Gasteiger partial charge in [0.2, 0.25) is 0 Å². The van der Waals surface area contributed by atoms with Gasteiger partial charge in [0, 0.05) is 95.6 Å². The summed E-state index contributed by atoms with van der Waals surface area (Å²) in [6.07, 6.45) is 4.91. The summed E-state index contributed by atoms with van der Waals surface area (Å²) in [7, 11) is 0. The lowest BCUT2D eigenvalue weighted by Gasteiger charge is -1.57. The van der Waals surface area contributed by atoms with E-state index in [1.807, 2.05) is 0 Å². The number of hydrogen-bond donors (Lipinski definition) is 0. The van der Waals surface area contributed by atoms with Gasteiger partial charge in [-0.1, -0.05) is 0 Å². The van der Waals surface area contributed by atoms with Crippen molar-refractivity contribution in [1.29, 1.82) is 0 Å².